The highest BCUT2D eigenvalue weighted by molar-refractivity contribution is 5.93. The minimum atomic E-state index is -0.202. The number of anilines is 1. The van der Waals surface area contributed by atoms with Crippen molar-refractivity contribution in [1.82, 2.24) is 9.88 Å². The van der Waals surface area contributed by atoms with Crippen molar-refractivity contribution in [3.63, 3.8) is 0 Å². The van der Waals surface area contributed by atoms with Crippen LogP contribution >= 0.6 is 0 Å². The van der Waals surface area contributed by atoms with E-state index in [0.717, 1.165) is 24.9 Å². The predicted molar refractivity (Wildman–Crippen MR) is 110 cm³/mol. The van der Waals surface area contributed by atoms with E-state index in [1.807, 2.05) is 32.0 Å². The summed E-state index contributed by atoms with van der Waals surface area (Å²) in [6.45, 7) is 5.02. The van der Waals surface area contributed by atoms with E-state index < -0.39 is 0 Å². The van der Waals surface area contributed by atoms with E-state index in [1.54, 1.807) is 30.3 Å². The number of piperidine rings is 1. The zero-order valence-corrected chi connectivity index (χ0v) is 17.1. The normalized spacial score (nSPS) is 16.2. The van der Waals surface area contributed by atoms with Crippen LogP contribution in [0.5, 0.6) is 17.4 Å². The van der Waals surface area contributed by atoms with E-state index in [0.29, 0.717) is 36.0 Å². The van der Waals surface area contributed by atoms with Gasteiger partial charge in [-0.1, -0.05) is 13.0 Å². The summed E-state index contributed by atoms with van der Waals surface area (Å²) >= 11 is 0. The number of methoxy groups -OCH3 is 1. The van der Waals surface area contributed by atoms with E-state index >= 15 is 0 Å². The van der Waals surface area contributed by atoms with E-state index in [9.17, 15) is 9.59 Å². The average molecular weight is 397 g/mol. The number of pyridine rings is 1. The van der Waals surface area contributed by atoms with E-state index in [4.69, 9.17) is 9.47 Å². The van der Waals surface area contributed by atoms with Gasteiger partial charge < -0.3 is 19.7 Å². The number of amides is 2. The molecule has 1 atom stereocenters. The lowest BCUT2D eigenvalue weighted by atomic mass is 9.97. The number of nitrogens with one attached hydrogen (secondary N) is 1. The number of aromatic nitrogens is 1. The summed E-state index contributed by atoms with van der Waals surface area (Å²) in [6, 6.07) is 9.10. The Morgan fingerprint density at radius 2 is 2.07 bits per heavy atom. The van der Waals surface area contributed by atoms with Gasteiger partial charge in [-0.2, -0.15) is 0 Å². The molecule has 154 valence electrons. The third-order valence-electron chi connectivity index (χ3n) is 4.98. The largest absolute Gasteiger partial charge is 0.493 e. The zero-order valence-electron chi connectivity index (χ0n) is 17.1. The Labute approximate surface area is 171 Å². The number of ether oxygens (including phenoxy) is 2. The molecule has 3 rings (SSSR count). The fourth-order valence-corrected chi connectivity index (χ4v) is 3.37. The Morgan fingerprint density at radius 1 is 1.24 bits per heavy atom. The van der Waals surface area contributed by atoms with Gasteiger partial charge in [0.1, 0.15) is 0 Å². The van der Waals surface area contributed by atoms with Crippen LogP contribution in [0.3, 0.4) is 0 Å². The molecule has 1 aromatic carbocycles. The van der Waals surface area contributed by atoms with Gasteiger partial charge in [0.15, 0.2) is 11.5 Å². The average Bonchev–Trinajstić information content (AvgIpc) is 2.75. The molecule has 1 N–H and O–H groups in total. The van der Waals surface area contributed by atoms with Crippen LogP contribution < -0.4 is 14.8 Å². The molecule has 1 saturated heterocycles. The molecule has 1 aliphatic heterocycles. The van der Waals surface area contributed by atoms with Crippen LogP contribution in [0.1, 0.15) is 31.7 Å². The first kappa shape index (κ1) is 20.6. The molecule has 29 heavy (non-hydrogen) atoms. The Balaban J connectivity index is 1.60. The van der Waals surface area contributed by atoms with Crippen molar-refractivity contribution in [2.24, 2.45) is 5.92 Å². The highest BCUT2D eigenvalue weighted by atomic mass is 16.5. The quantitative estimate of drug-likeness (QED) is 0.802. The maximum absolute atomic E-state index is 12.6. The minimum Gasteiger partial charge on any atom is -0.493 e. The molecular weight excluding hydrogens is 370 g/mol. The summed E-state index contributed by atoms with van der Waals surface area (Å²) in [7, 11) is 1.59. The molecule has 0 spiro atoms. The third kappa shape index (κ3) is 5.25. The Bertz CT molecular complexity index is 867. The molecular formula is C22H27N3O4. The summed E-state index contributed by atoms with van der Waals surface area (Å²) in [4.78, 5) is 30.5. The number of hydrogen-bond acceptors (Lipinski definition) is 5. The van der Waals surface area contributed by atoms with Gasteiger partial charge >= 0.3 is 0 Å². The van der Waals surface area contributed by atoms with Crippen LogP contribution in [-0.2, 0) is 9.59 Å². The lowest BCUT2D eigenvalue weighted by molar-refractivity contribution is -0.134. The standard InChI is InChI=1S/C22H27N3O4/c1-4-21(26)25-11-5-6-16(14-25)22(27)24-17-8-10-20(23-13-17)29-18-9-7-15(2)12-19(18)28-3/h7-10,12-13,16H,4-6,11,14H2,1-3H3,(H,24,27). The summed E-state index contributed by atoms with van der Waals surface area (Å²) in [5, 5.41) is 2.89. The maximum Gasteiger partial charge on any atom is 0.229 e. The molecule has 2 aromatic rings. The molecule has 1 aromatic heterocycles. The van der Waals surface area contributed by atoms with Crippen LogP contribution in [0.4, 0.5) is 5.69 Å². The van der Waals surface area contributed by atoms with Crippen molar-refractivity contribution in [2.75, 3.05) is 25.5 Å². The van der Waals surface area contributed by atoms with Crippen molar-refractivity contribution >= 4 is 17.5 Å². The SMILES string of the molecule is CCC(=O)N1CCCC(C(=O)Nc2ccc(Oc3ccc(C)cc3OC)nc2)C1. The van der Waals surface area contributed by atoms with Crippen molar-refractivity contribution in [3.8, 4) is 17.4 Å². The van der Waals surface area contributed by atoms with Gasteiger partial charge in [-0.15, -0.1) is 0 Å². The number of carbonyl (C=O) groups is 2. The smallest absolute Gasteiger partial charge is 0.229 e. The van der Waals surface area contributed by atoms with Gasteiger partial charge in [-0.3, -0.25) is 9.59 Å². The molecule has 1 unspecified atom stereocenters. The fourth-order valence-electron chi connectivity index (χ4n) is 3.37. The van der Waals surface area contributed by atoms with E-state index in [-0.39, 0.29) is 17.7 Å². The molecule has 7 nitrogen and oxygen atoms in total. The number of hydrogen-bond donors (Lipinski definition) is 1. The van der Waals surface area contributed by atoms with Crippen LogP contribution in [0.2, 0.25) is 0 Å². The van der Waals surface area contributed by atoms with Gasteiger partial charge in [0, 0.05) is 25.6 Å². The second kappa shape index (κ2) is 9.41. The van der Waals surface area contributed by atoms with Crippen LogP contribution in [0.25, 0.3) is 0 Å². The molecule has 0 saturated carbocycles. The molecule has 7 heteroatoms. The number of carbonyl (C=O) groups excluding carboxylic acids is 2. The number of aryl methyl sites for hydroxylation is 1. The van der Waals surface area contributed by atoms with Gasteiger partial charge in [0.05, 0.1) is 24.9 Å². The van der Waals surface area contributed by atoms with Crippen LogP contribution in [-0.4, -0.2) is 41.9 Å². The number of nitrogens with zero attached hydrogens (tertiary/aromatic N) is 2. The predicted octanol–water partition coefficient (Wildman–Crippen LogP) is 3.78. The van der Waals surface area contributed by atoms with Crippen molar-refractivity contribution < 1.29 is 19.1 Å². The molecule has 0 radical (unpaired) electrons. The van der Waals surface area contributed by atoms with Gasteiger partial charge in [-0.05, 0) is 43.5 Å². The maximum atomic E-state index is 12.6. The molecule has 0 bridgehead atoms. The first-order valence-corrected chi connectivity index (χ1v) is 9.87. The highest BCUT2D eigenvalue weighted by Gasteiger charge is 2.27. The molecule has 2 amide bonds. The fraction of sp³-hybridized carbons (Fsp3) is 0.409. The van der Waals surface area contributed by atoms with Gasteiger partial charge in [0.2, 0.25) is 17.7 Å². The Morgan fingerprint density at radius 3 is 2.76 bits per heavy atom. The molecule has 1 aliphatic rings. The summed E-state index contributed by atoms with van der Waals surface area (Å²) in [5.74, 6) is 1.42. The van der Waals surface area contributed by atoms with Crippen LogP contribution in [0, 0.1) is 12.8 Å². The number of benzene rings is 1. The molecule has 2 heterocycles. The van der Waals surface area contributed by atoms with Crippen molar-refractivity contribution in [1.29, 1.82) is 0 Å². The number of rotatable bonds is 6. The molecule has 1 fully saturated rings. The van der Waals surface area contributed by atoms with Gasteiger partial charge in [-0.25, -0.2) is 4.98 Å². The summed E-state index contributed by atoms with van der Waals surface area (Å²) in [6.07, 6.45) is 3.64. The Kier molecular flexibility index (Phi) is 6.69. The topological polar surface area (TPSA) is 80.8 Å². The monoisotopic (exact) mass is 397 g/mol. The van der Waals surface area contributed by atoms with Gasteiger partial charge in [0.25, 0.3) is 0 Å². The lowest BCUT2D eigenvalue weighted by Gasteiger charge is -2.31. The third-order valence-corrected chi connectivity index (χ3v) is 4.98. The second-order valence-corrected chi connectivity index (χ2v) is 7.16. The first-order valence-electron chi connectivity index (χ1n) is 9.87. The van der Waals surface area contributed by atoms with Crippen molar-refractivity contribution in [3.05, 3.63) is 42.1 Å². The second-order valence-electron chi connectivity index (χ2n) is 7.16. The summed E-state index contributed by atoms with van der Waals surface area (Å²) in [5.41, 5.74) is 1.67. The van der Waals surface area contributed by atoms with E-state index in [1.165, 1.54) is 0 Å². The molecule has 0 aliphatic carbocycles. The first-order chi connectivity index (χ1) is 14.0. The number of likely N-dealkylation sites (tertiary alicyclic amines) is 1. The lowest BCUT2D eigenvalue weighted by Crippen LogP contribution is -2.43. The zero-order chi connectivity index (χ0) is 20.8. The summed E-state index contributed by atoms with van der Waals surface area (Å²) < 4.78 is 11.1. The highest BCUT2D eigenvalue weighted by Crippen LogP contribution is 2.31. The van der Waals surface area contributed by atoms with Crippen LogP contribution in [0.15, 0.2) is 36.5 Å². The van der Waals surface area contributed by atoms with E-state index in [2.05, 4.69) is 10.3 Å². The Hall–Kier alpha value is -3.09. The van der Waals surface area contributed by atoms with Crippen molar-refractivity contribution in [2.45, 2.75) is 33.1 Å². The minimum absolute atomic E-state index is 0.0886.